The zero-order valence-corrected chi connectivity index (χ0v) is 20.4. The minimum atomic E-state index is -2.04. The number of rotatable bonds is 11. The molecule has 0 heterocycles. The highest BCUT2D eigenvalue weighted by Crippen LogP contribution is 2.44. The van der Waals surface area contributed by atoms with Crippen molar-refractivity contribution >= 4 is 18.0 Å². The Hall–Kier alpha value is -3.39. The molecule has 4 N–H and O–H groups in total. The predicted octanol–water partition coefficient (Wildman–Crippen LogP) is 3.53. The molecular formula is C27H34N2O6. The quantitative estimate of drug-likeness (QED) is 0.388. The van der Waals surface area contributed by atoms with Crippen LogP contribution in [-0.4, -0.2) is 53.5 Å². The Kier molecular flexibility index (Phi) is 8.51. The molecule has 0 fully saturated rings. The van der Waals surface area contributed by atoms with Crippen molar-refractivity contribution in [1.29, 1.82) is 0 Å². The third-order valence-electron chi connectivity index (χ3n) is 6.25. The molecule has 0 saturated carbocycles. The first-order chi connectivity index (χ1) is 16.6. The van der Waals surface area contributed by atoms with E-state index < -0.39 is 24.2 Å². The topological polar surface area (TPSA) is 125 Å². The van der Waals surface area contributed by atoms with Crippen molar-refractivity contribution in [1.82, 2.24) is 10.6 Å². The largest absolute Gasteiger partial charge is 0.479 e. The number of carbonyl (C=O) groups excluding carboxylic acids is 2. The van der Waals surface area contributed by atoms with E-state index in [0.29, 0.717) is 12.3 Å². The summed E-state index contributed by atoms with van der Waals surface area (Å²) in [6, 6.07) is 16.2. The van der Waals surface area contributed by atoms with Crippen LogP contribution < -0.4 is 10.6 Å². The van der Waals surface area contributed by atoms with Crippen molar-refractivity contribution in [3.63, 3.8) is 0 Å². The van der Waals surface area contributed by atoms with Crippen LogP contribution in [0.25, 0.3) is 11.1 Å². The van der Waals surface area contributed by atoms with E-state index >= 15 is 0 Å². The number of aliphatic hydroxyl groups is 1. The summed E-state index contributed by atoms with van der Waals surface area (Å²) < 4.78 is 5.57. The van der Waals surface area contributed by atoms with Crippen LogP contribution in [0.1, 0.15) is 50.7 Å². The van der Waals surface area contributed by atoms with Crippen LogP contribution in [-0.2, 0) is 14.3 Å². The van der Waals surface area contributed by atoms with Crippen LogP contribution >= 0.6 is 0 Å². The Bertz CT molecular complexity index is 1020. The summed E-state index contributed by atoms with van der Waals surface area (Å²) in [5.74, 6) is -1.70. The number of carboxylic acid groups (broad SMARTS) is 1. The monoisotopic (exact) mass is 482 g/mol. The molecule has 35 heavy (non-hydrogen) atoms. The minimum absolute atomic E-state index is 0.0348. The van der Waals surface area contributed by atoms with Gasteiger partial charge in [-0.2, -0.15) is 0 Å². The molecule has 2 atom stereocenters. The van der Waals surface area contributed by atoms with Gasteiger partial charge in [-0.3, -0.25) is 4.79 Å². The number of nitrogens with one attached hydrogen (secondary N) is 2. The lowest BCUT2D eigenvalue weighted by Gasteiger charge is -2.22. The van der Waals surface area contributed by atoms with Gasteiger partial charge >= 0.3 is 12.1 Å². The van der Waals surface area contributed by atoms with Gasteiger partial charge in [0.2, 0.25) is 5.91 Å². The van der Waals surface area contributed by atoms with E-state index in [9.17, 15) is 19.5 Å². The van der Waals surface area contributed by atoms with Gasteiger partial charge < -0.3 is 25.6 Å². The number of hydrogen-bond donors (Lipinski definition) is 4. The number of fused-ring (bicyclic) bond motifs is 3. The molecule has 0 bridgehead atoms. The van der Waals surface area contributed by atoms with E-state index in [1.54, 1.807) is 0 Å². The van der Waals surface area contributed by atoms with Gasteiger partial charge in [-0.1, -0.05) is 62.4 Å². The maximum atomic E-state index is 12.5. The molecule has 2 aromatic carbocycles. The SMILES string of the molecule is CC(C)C[C@H](CNC(=O)OCC1c2ccccc2-c2ccccc21)CC(=O)NCC(C)(O)C(=O)O. The van der Waals surface area contributed by atoms with Gasteiger partial charge in [0.1, 0.15) is 6.61 Å². The highest BCUT2D eigenvalue weighted by molar-refractivity contribution is 5.80. The number of carbonyl (C=O) groups is 3. The first-order valence-corrected chi connectivity index (χ1v) is 11.9. The number of benzene rings is 2. The lowest BCUT2D eigenvalue weighted by atomic mass is 9.93. The van der Waals surface area contributed by atoms with E-state index in [1.807, 2.05) is 38.1 Å². The van der Waals surface area contributed by atoms with Crippen molar-refractivity contribution in [2.24, 2.45) is 11.8 Å². The van der Waals surface area contributed by atoms with Crippen LogP contribution in [0.3, 0.4) is 0 Å². The average Bonchev–Trinajstić information content (AvgIpc) is 3.13. The number of ether oxygens (including phenoxy) is 1. The number of aliphatic carboxylic acids is 1. The molecule has 1 aliphatic rings. The fourth-order valence-corrected chi connectivity index (χ4v) is 4.46. The molecule has 0 aliphatic heterocycles. The molecule has 1 aliphatic carbocycles. The van der Waals surface area contributed by atoms with E-state index in [4.69, 9.17) is 9.84 Å². The molecule has 8 heteroatoms. The summed E-state index contributed by atoms with van der Waals surface area (Å²) in [4.78, 5) is 35.8. The molecule has 2 amide bonds. The van der Waals surface area contributed by atoms with Gasteiger partial charge in [0.15, 0.2) is 5.60 Å². The zero-order chi connectivity index (χ0) is 25.6. The first kappa shape index (κ1) is 26.2. The normalized spacial score (nSPS) is 15.0. The first-order valence-electron chi connectivity index (χ1n) is 11.9. The Morgan fingerprint density at radius 1 is 1.00 bits per heavy atom. The van der Waals surface area contributed by atoms with E-state index in [2.05, 4.69) is 34.9 Å². The maximum absolute atomic E-state index is 12.5. The van der Waals surface area contributed by atoms with Crippen LogP contribution in [0.5, 0.6) is 0 Å². The Labute approximate surface area is 205 Å². The van der Waals surface area contributed by atoms with Crippen molar-refractivity contribution in [2.75, 3.05) is 19.7 Å². The maximum Gasteiger partial charge on any atom is 0.407 e. The van der Waals surface area contributed by atoms with Gasteiger partial charge in [-0.25, -0.2) is 9.59 Å². The van der Waals surface area contributed by atoms with Crippen LogP contribution in [0.15, 0.2) is 48.5 Å². The summed E-state index contributed by atoms with van der Waals surface area (Å²) in [7, 11) is 0. The lowest BCUT2D eigenvalue weighted by Crippen LogP contribution is -2.47. The third kappa shape index (κ3) is 6.82. The van der Waals surface area contributed by atoms with E-state index in [0.717, 1.165) is 29.2 Å². The molecule has 188 valence electrons. The number of alkyl carbamates (subject to hydrolysis) is 1. The van der Waals surface area contributed by atoms with Gasteiger partial charge in [-0.05, 0) is 47.4 Å². The highest BCUT2D eigenvalue weighted by Gasteiger charge is 2.31. The van der Waals surface area contributed by atoms with Gasteiger partial charge in [0, 0.05) is 18.9 Å². The van der Waals surface area contributed by atoms with E-state index in [1.165, 1.54) is 0 Å². The van der Waals surface area contributed by atoms with Crippen molar-refractivity contribution < 1.29 is 29.3 Å². The molecule has 0 radical (unpaired) electrons. The Morgan fingerprint density at radius 2 is 1.57 bits per heavy atom. The molecule has 0 saturated heterocycles. The second kappa shape index (κ2) is 11.4. The molecule has 1 unspecified atom stereocenters. The summed E-state index contributed by atoms with van der Waals surface area (Å²) >= 11 is 0. The van der Waals surface area contributed by atoms with Crippen molar-refractivity contribution in [3.8, 4) is 11.1 Å². The second-order valence-corrected chi connectivity index (χ2v) is 9.76. The number of carboxylic acids is 1. The molecule has 0 aromatic heterocycles. The Morgan fingerprint density at radius 3 is 2.11 bits per heavy atom. The van der Waals surface area contributed by atoms with E-state index in [-0.39, 0.29) is 37.3 Å². The van der Waals surface area contributed by atoms with Crippen LogP contribution in [0.2, 0.25) is 0 Å². The minimum Gasteiger partial charge on any atom is -0.479 e. The summed E-state index contributed by atoms with van der Waals surface area (Å²) in [6.07, 6.45) is 0.235. The fourth-order valence-electron chi connectivity index (χ4n) is 4.46. The standard InChI is InChI=1S/C27H34N2O6/c1-17(2)12-18(13-24(30)29-16-27(3,34)25(31)32)14-28-26(33)35-15-23-21-10-6-4-8-19(21)20-9-5-7-11-22(20)23/h4-11,17-18,23,34H,12-16H2,1-3H3,(H,28,33)(H,29,30)(H,31,32)/t18-,27?/m0/s1. The summed E-state index contributed by atoms with van der Waals surface area (Å²) in [6.45, 7) is 5.23. The zero-order valence-electron chi connectivity index (χ0n) is 20.4. The number of amides is 2. The fraction of sp³-hybridized carbons (Fsp3) is 0.444. The van der Waals surface area contributed by atoms with Crippen LogP contribution in [0.4, 0.5) is 4.79 Å². The lowest BCUT2D eigenvalue weighted by molar-refractivity contribution is -0.156. The molecular weight excluding hydrogens is 448 g/mol. The van der Waals surface area contributed by atoms with Crippen molar-refractivity contribution in [3.05, 3.63) is 59.7 Å². The second-order valence-electron chi connectivity index (χ2n) is 9.76. The van der Waals surface area contributed by atoms with Gasteiger partial charge in [0.25, 0.3) is 0 Å². The summed E-state index contributed by atoms with van der Waals surface area (Å²) in [5.41, 5.74) is 2.54. The third-order valence-corrected chi connectivity index (χ3v) is 6.25. The summed E-state index contributed by atoms with van der Waals surface area (Å²) in [5, 5.41) is 24.0. The molecule has 8 nitrogen and oxygen atoms in total. The Balaban J connectivity index is 1.53. The molecule has 3 rings (SSSR count). The molecule has 0 spiro atoms. The number of hydrogen-bond acceptors (Lipinski definition) is 5. The van der Waals surface area contributed by atoms with Gasteiger partial charge in [0.05, 0.1) is 6.54 Å². The average molecular weight is 483 g/mol. The smallest absolute Gasteiger partial charge is 0.407 e. The van der Waals surface area contributed by atoms with Gasteiger partial charge in [-0.15, -0.1) is 0 Å². The molecule has 2 aromatic rings. The highest BCUT2D eigenvalue weighted by atomic mass is 16.5. The van der Waals surface area contributed by atoms with Crippen LogP contribution in [0, 0.1) is 11.8 Å². The predicted molar refractivity (Wildman–Crippen MR) is 132 cm³/mol. The van der Waals surface area contributed by atoms with Crippen molar-refractivity contribution in [2.45, 2.75) is 45.1 Å².